The van der Waals surface area contributed by atoms with Gasteiger partial charge < -0.3 is 14.4 Å². The SMILES string of the molecule is CCOC(=O)CN(C)c1ncnc(OCC)c1C. The van der Waals surface area contributed by atoms with E-state index in [1.807, 2.05) is 13.8 Å². The largest absolute Gasteiger partial charge is 0.478 e. The number of nitrogens with zero attached hydrogens (tertiary/aromatic N) is 3. The zero-order valence-corrected chi connectivity index (χ0v) is 11.3. The average Bonchev–Trinajstić information content (AvgIpc) is 2.32. The first-order valence-electron chi connectivity index (χ1n) is 5.91. The molecule has 0 radical (unpaired) electrons. The molecule has 1 aromatic rings. The van der Waals surface area contributed by atoms with Gasteiger partial charge in [0.1, 0.15) is 18.7 Å². The Kier molecular flexibility index (Phi) is 5.35. The van der Waals surface area contributed by atoms with E-state index in [-0.39, 0.29) is 12.5 Å². The second-order valence-corrected chi connectivity index (χ2v) is 3.72. The number of carbonyl (C=O) groups excluding carboxylic acids is 1. The Hall–Kier alpha value is -1.85. The van der Waals surface area contributed by atoms with Gasteiger partial charge in [0.15, 0.2) is 0 Å². The lowest BCUT2D eigenvalue weighted by molar-refractivity contribution is -0.141. The van der Waals surface area contributed by atoms with E-state index in [0.29, 0.717) is 24.9 Å². The molecule has 0 aromatic carbocycles. The highest BCUT2D eigenvalue weighted by molar-refractivity contribution is 5.75. The molecule has 0 spiro atoms. The van der Waals surface area contributed by atoms with Crippen LogP contribution in [0.15, 0.2) is 6.33 Å². The van der Waals surface area contributed by atoms with Crippen molar-refractivity contribution in [3.05, 3.63) is 11.9 Å². The Morgan fingerprint density at radius 1 is 1.33 bits per heavy atom. The van der Waals surface area contributed by atoms with E-state index < -0.39 is 0 Å². The molecule has 6 heteroatoms. The van der Waals surface area contributed by atoms with Gasteiger partial charge in [-0.15, -0.1) is 0 Å². The smallest absolute Gasteiger partial charge is 0.325 e. The lowest BCUT2D eigenvalue weighted by atomic mass is 10.3. The van der Waals surface area contributed by atoms with Crippen molar-refractivity contribution in [3.63, 3.8) is 0 Å². The van der Waals surface area contributed by atoms with Crippen molar-refractivity contribution in [2.75, 3.05) is 31.7 Å². The number of ether oxygens (including phenoxy) is 2. The number of hydrogen-bond donors (Lipinski definition) is 0. The van der Waals surface area contributed by atoms with Gasteiger partial charge in [-0.2, -0.15) is 0 Å². The highest BCUT2D eigenvalue weighted by Gasteiger charge is 2.14. The maximum absolute atomic E-state index is 11.4. The average molecular weight is 253 g/mol. The number of hydrogen-bond acceptors (Lipinski definition) is 6. The predicted molar refractivity (Wildman–Crippen MR) is 67.8 cm³/mol. The number of rotatable bonds is 6. The van der Waals surface area contributed by atoms with Crippen molar-refractivity contribution >= 4 is 11.8 Å². The highest BCUT2D eigenvalue weighted by Crippen LogP contribution is 2.22. The molecule has 0 unspecified atom stereocenters. The van der Waals surface area contributed by atoms with Gasteiger partial charge >= 0.3 is 5.97 Å². The van der Waals surface area contributed by atoms with Crippen molar-refractivity contribution in [1.82, 2.24) is 9.97 Å². The Morgan fingerprint density at radius 3 is 2.67 bits per heavy atom. The van der Waals surface area contributed by atoms with Gasteiger partial charge in [0.05, 0.1) is 18.8 Å². The summed E-state index contributed by atoms with van der Waals surface area (Å²) in [6.45, 7) is 6.60. The first-order valence-corrected chi connectivity index (χ1v) is 5.91. The van der Waals surface area contributed by atoms with E-state index in [2.05, 4.69) is 9.97 Å². The van der Waals surface area contributed by atoms with E-state index in [4.69, 9.17) is 9.47 Å². The third kappa shape index (κ3) is 3.58. The van der Waals surface area contributed by atoms with Crippen LogP contribution in [0.1, 0.15) is 19.4 Å². The van der Waals surface area contributed by atoms with Gasteiger partial charge in [0.2, 0.25) is 5.88 Å². The molecule has 0 amide bonds. The zero-order valence-electron chi connectivity index (χ0n) is 11.3. The van der Waals surface area contributed by atoms with E-state index in [1.165, 1.54) is 6.33 Å². The molecule has 0 saturated heterocycles. The summed E-state index contributed by atoms with van der Waals surface area (Å²) in [6, 6.07) is 0. The van der Waals surface area contributed by atoms with Gasteiger partial charge in [-0.3, -0.25) is 4.79 Å². The summed E-state index contributed by atoms with van der Waals surface area (Å²) in [6.07, 6.45) is 1.43. The number of aromatic nitrogens is 2. The van der Waals surface area contributed by atoms with Crippen LogP contribution in [0.5, 0.6) is 5.88 Å². The quantitative estimate of drug-likeness (QED) is 0.709. The molecule has 1 heterocycles. The number of esters is 1. The lowest BCUT2D eigenvalue weighted by Gasteiger charge is -2.19. The van der Waals surface area contributed by atoms with Crippen LogP contribution in [-0.2, 0) is 9.53 Å². The molecular formula is C12H19N3O3. The molecule has 1 rings (SSSR count). The van der Waals surface area contributed by atoms with E-state index in [9.17, 15) is 4.79 Å². The molecule has 0 aliphatic heterocycles. The van der Waals surface area contributed by atoms with Crippen molar-refractivity contribution in [2.24, 2.45) is 0 Å². The van der Waals surface area contributed by atoms with Gasteiger partial charge in [-0.25, -0.2) is 9.97 Å². The third-order valence-electron chi connectivity index (χ3n) is 2.33. The lowest BCUT2D eigenvalue weighted by Crippen LogP contribution is -2.28. The molecule has 0 fully saturated rings. The summed E-state index contributed by atoms with van der Waals surface area (Å²) in [7, 11) is 1.78. The molecule has 0 bridgehead atoms. The van der Waals surface area contributed by atoms with E-state index in [1.54, 1.807) is 18.9 Å². The van der Waals surface area contributed by atoms with Crippen molar-refractivity contribution in [1.29, 1.82) is 0 Å². The molecule has 6 nitrogen and oxygen atoms in total. The predicted octanol–water partition coefficient (Wildman–Crippen LogP) is 1.18. The Labute approximate surface area is 107 Å². The van der Waals surface area contributed by atoms with Crippen LogP contribution in [0.3, 0.4) is 0 Å². The number of anilines is 1. The molecule has 0 N–H and O–H groups in total. The summed E-state index contributed by atoms with van der Waals surface area (Å²) in [5.41, 5.74) is 0.811. The molecule has 1 aromatic heterocycles. The fourth-order valence-electron chi connectivity index (χ4n) is 1.57. The van der Waals surface area contributed by atoms with Crippen LogP contribution >= 0.6 is 0 Å². The summed E-state index contributed by atoms with van der Waals surface area (Å²) < 4.78 is 10.3. The molecule has 0 saturated carbocycles. The van der Waals surface area contributed by atoms with Crippen LogP contribution in [0, 0.1) is 6.92 Å². The second-order valence-electron chi connectivity index (χ2n) is 3.72. The van der Waals surface area contributed by atoms with Crippen LogP contribution in [0.25, 0.3) is 0 Å². The summed E-state index contributed by atoms with van der Waals surface area (Å²) in [4.78, 5) is 21.3. The van der Waals surface area contributed by atoms with Crippen LogP contribution in [0.4, 0.5) is 5.82 Å². The highest BCUT2D eigenvalue weighted by atomic mass is 16.5. The first kappa shape index (κ1) is 14.2. The molecule has 0 atom stereocenters. The van der Waals surface area contributed by atoms with Crippen molar-refractivity contribution in [3.8, 4) is 5.88 Å². The molecule has 100 valence electrons. The summed E-state index contributed by atoms with van der Waals surface area (Å²) >= 11 is 0. The zero-order chi connectivity index (χ0) is 13.5. The van der Waals surface area contributed by atoms with Crippen LogP contribution in [0.2, 0.25) is 0 Å². The van der Waals surface area contributed by atoms with Gasteiger partial charge in [-0.05, 0) is 20.8 Å². The number of likely N-dealkylation sites (N-methyl/N-ethyl adjacent to an activating group) is 1. The van der Waals surface area contributed by atoms with Crippen LogP contribution < -0.4 is 9.64 Å². The second kappa shape index (κ2) is 6.78. The fourth-order valence-corrected chi connectivity index (χ4v) is 1.57. The molecule has 18 heavy (non-hydrogen) atoms. The molecular weight excluding hydrogens is 234 g/mol. The maximum atomic E-state index is 11.4. The van der Waals surface area contributed by atoms with Crippen molar-refractivity contribution in [2.45, 2.75) is 20.8 Å². The first-order chi connectivity index (χ1) is 8.60. The van der Waals surface area contributed by atoms with Gasteiger partial charge in [0, 0.05) is 7.05 Å². The molecule has 0 aliphatic rings. The van der Waals surface area contributed by atoms with Crippen LogP contribution in [-0.4, -0.2) is 42.7 Å². The minimum absolute atomic E-state index is 0.150. The summed E-state index contributed by atoms with van der Waals surface area (Å²) in [5, 5.41) is 0. The van der Waals surface area contributed by atoms with Gasteiger partial charge in [-0.1, -0.05) is 0 Å². The normalized spacial score (nSPS) is 10.0. The van der Waals surface area contributed by atoms with E-state index in [0.717, 1.165) is 5.56 Å². The Balaban J connectivity index is 2.82. The fraction of sp³-hybridized carbons (Fsp3) is 0.583. The standard InChI is InChI=1S/C12H19N3O3/c1-5-17-10(16)7-15(4)11-9(3)12(18-6-2)14-8-13-11/h8H,5-7H2,1-4H3. The Bertz CT molecular complexity index is 410. The monoisotopic (exact) mass is 253 g/mol. The third-order valence-corrected chi connectivity index (χ3v) is 2.33. The molecule has 0 aliphatic carbocycles. The number of carbonyl (C=O) groups is 1. The van der Waals surface area contributed by atoms with E-state index >= 15 is 0 Å². The Morgan fingerprint density at radius 2 is 2.06 bits per heavy atom. The minimum Gasteiger partial charge on any atom is -0.478 e. The van der Waals surface area contributed by atoms with Crippen molar-refractivity contribution < 1.29 is 14.3 Å². The topological polar surface area (TPSA) is 64.5 Å². The summed E-state index contributed by atoms with van der Waals surface area (Å²) in [5.74, 6) is 0.927. The minimum atomic E-state index is -0.282. The van der Waals surface area contributed by atoms with Gasteiger partial charge in [0.25, 0.3) is 0 Å². The maximum Gasteiger partial charge on any atom is 0.325 e.